The Bertz CT molecular complexity index is 208. The van der Waals surface area contributed by atoms with Gasteiger partial charge >= 0.3 is 0 Å². The van der Waals surface area contributed by atoms with Crippen LogP contribution in [0.4, 0.5) is 0 Å². The zero-order valence-corrected chi connectivity index (χ0v) is 10.7. The Hall–Kier alpha value is -0.890. The van der Waals surface area contributed by atoms with Gasteiger partial charge in [0, 0.05) is 0 Å². The molecule has 0 heterocycles. The van der Waals surface area contributed by atoms with Crippen LogP contribution in [0.2, 0.25) is 0 Å². The Labute approximate surface area is 94.2 Å². The number of hydrogen-bond donors (Lipinski definition) is 1. The normalized spacial score (nSPS) is 10.5. The smallest absolute Gasteiger partial charge is 0.142 e. The third kappa shape index (κ3) is 24.6. The van der Waals surface area contributed by atoms with Crippen molar-refractivity contribution in [1.82, 2.24) is 0 Å². The lowest BCUT2D eigenvalue weighted by atomic mass is 10.1. The summed E-state index contributed by atoms with van der Waals surface area (Å²) in [4.78, 5) is 10.0. The van der Waals surface area contributed by atoms with Gasteiger partial charge in [-0.3, -0.25) is 4.79 Å². The molecular weight excluding hydrogens is 186 g/mol. The maximum Gasteiger partial charge on any atom is 0.142 e. The van der Waals surface area contributed by atoms with Gasteiger partial charge in [0.1, 0.15) is 6.29 Å². The van der Waals surface area contributed by atoms with Crippen LogP contribution in [-0.2, 0) is 4.79 Å². The summed E-state index contributed by atoms with van der Waals surface area (Å²) in [5.74, 6) is 0. The van der Waals surface area contributed by atoms with Gasteiger partial charge in [0.2, 0.25) is 0 Å². The molecule has 0 fully saturated rings. The molecule has 88 valence electrons. The van der Waals surface area contributed by atoms with Crippen molar-refractivity contribution in [3.63, 3.8) is 0 Å². The highest BCUT2D eigenvalue weighted by atomic mass is 16.1. The van der Waals surface area contributed by atoms with E-state index in [0.29, 0.717) is 6.04 Å². The van der Waals surface area contributed by atoms with Crippen molar-refractivity contribution < 1.29 is 4.79 Å². The summed E-state index contributed by atoms with van der Waals surface area (Å²) in [5.41, 5.74) is 7.60. The zero-order valence-electron chi connectivity index (χ0n) is 10.7. The Balaban J connectivity index is 0. The molecule has 0 radical (unpaired) electrons. The number of hydrogen-bond acceptors (Lipinski definition) is 2. The lowest BCUT2D eigenvalue weighted by molar-refractivity contribution is -0.104. The van der Waals surface area contributed by atoms with Gasteiger partial charge in [-0.25, -0.2) is 0 Å². The van der Waals surface area contributed by atoms with E-state index >= 15 is 0 Å². The molecule has 2 heteroatoms. The highest BCUT2D eigenvalue weighted by Gasteiger charge is 1.86. The fraction of sp³-hybridized carbons (Fsp3) is 0.615. The largest absolute Gasteiger partial charge is 0.328 e. The van der Waals surface area contributed by atoms with Crippen molar-refractivity contribution >= 4 is 6.29 Å². The van der Waals surface area contributed by atoms with Crippen LogP contribution in [0.5, 0.6) is 0 Å². The van der Waals surface area contributed by atoms with E-state index in [9.17, 15) is 4.79 Å². The van der Waals surface area contributed by atoms with E-state index < -0.39 is 0 Å². The first-order valence-electron chi connectivity index (χ1n) is 5.40. The molecule has 0 atom stereocenters. The topological polar surface area (TPSA) is 43.1 Å². The summed E-state index contributed by atoms with van der Waals surface area (Å²) < 4.78 is 0. The Morgan fingerprint density at radius 1 is 1.27 bits per heavy atom. The second kappa shape index (κ2) is 11.2. The number of allylic oxidation sites excluding steroid dienone is 4. The summed E-state index contributed by atoms with van der Waals surface area (Å²) >= 11 is 0. The van der Waals surface area contributed by atoms with Crippen LogP contribution >= 0.6 is 0 Å². The van der Waals surface area contributed by atoms with E-state index in [0.717, 1.165) is 24.7 Å². The molecule has 0 aliphatic rings. The molecule has 0 aromatic rings. The minimum atomic E-state index is 0.333. The fourth-order valence-electron chi connectivity index (χ4n) is 0.788. The highest BCUT2D eigenvalue weighted by molar-refractivity contribution is 5.65. The lowest BCUT2D eigenvalue weighted by Crippen LogP contribution is -2.06. The van der Waals surface area contributed by atoms with Gasteiger partial charge in [0.25, 0.3) is 0 Å². The predicted octanol–water partition coefficient (Wildman–Crippen LogP) is 3.23. The van der Waals surface area contributed by atoms with Gasteiger partial charge in [-0.05, 0) is 45.7 Å². The SMILES string of the molecule is CC(C)=CCCC(C)=CC=O.CC(C)N. The van der Waals surface area contributed by atoms with Gasteiger partial charge < -0.3 is 5.73 Å². The van der Waals surface area contributed by atoms with Crippen LogP contribution in [0.3, 0.4) is 0 Å². The van der Waals surface area contributed by atoms with Crippen LogP contribution in [0.25, 0.3) is 0 Å². The van der Waals surface area contributed by atoms with Gasteiger partial charge in [-0.1, -0.05) is 31.1 Å². The number of carbonyl (C=O) groups excluding carboxylic acids is 1. The Morgan fingerprint density at radius 2 is 1.73 bits per heavy atom. The lowest BCUT2D eigenvalue weighted by Gasteiger charge is -1.94. The number of rotatable bonds is 4. The third-order valence-corrected chi connectivity index (χ3v) is 1.44. The van der Waals surface area contributed by atoms with E-state index in [-0.39, 0.29) is 0 Å². The van der Waals surface area contributed by atoms with Crippen molar-refractivity contribution in [2.24, 2.45) is 5.73 Å². The standard InChI is InChI=1S/C10H16O.C3H9N/c1-9(2)5-4-6-10(3)7-8-11;1-3(2)4/h5,7-8H,4,6H2,1-3H3;3H,4H2,1-2H3. The molecule has 0 aliphatic carbocycles. The number of aldehydes is 1. The maximum absolute atomic E-state index is 10.0. The van der Waals surface area contributed by atoms with E-state index in [1.807, 2.05) is 20.8 Å². The summed E-state index contributed by atoms with van der Waals surface area (Å²) in [6.07, 6.45) is 6.68. The first-order valence-corrected chi connectivity index (χ1v) is 5.40. The fourth-order valence-corrected chi connectivity index (χ4v) is 0.788. The molecular formula is C13H25NO. The average Bonchev–Trinajstić information content (AvgIpc) is 2.02. The summed E-state index contributed by atoms with van der Waals surface area (Å²) in [6, 6.07) is 0.333. The van der Waals surface area contributed by atoms with Crippen molar-refractivity contribution in [2.75, 3.05) is 0 Å². The Kier molecular flexibility index (Phi) is 12.3. The minimum Gasteiger partial charge on any atom is -0.328 e. The van der Waals surface area contributed by atoms with Crippen LogP contribution in [0.1, 0.15) is 47.5 Å². The molecule has 0 spiro atoms. The Morgan fingerprint density at radius 3 is 2.07 bits per heavy atom. The average molecular weight is 211 g/mol. The van der Waals surface area contributed by atoms with E-state index in [4.69, 9.17) is 5.73 Å². The first-order chi connectivity index (χ1) is 6.90. The summed E-state index contributed by atoms with van der Waals surface area (Å²) in [6.45, 7) is 10.0. The number of nitrogens with two attached hydrogens (primary N) is 1. The highest BCUT2D eigenvalue weighted by Crippen LogP contribution is 2.05. The first kappa shape index (κ1) is 16.5. The minimum absolute atomic E-state index is 0.333. The molecule has 0 aliphatic heterocycles. The molecule has 0 bridgehead atoms. The van der Waals surface area contributed by atoms with Crippen LogP contribution in [-0.4, -0.2) is 12.3 Å². The van der Waals surface area contributed by atoms with Crippen molar-refractivity contribution in [1.29, 1.82) is 0 Å². The predicted molar refractivity (Wildman–Crippen MR) is 67.8 cm³/mol. The van der Waals surface area contributed by atoms with Crippen molar-refractivity contribution in [2.45, 2.75) is 53.5 Å². The zero-order chi connectivity index (χ0) is 12.3. The molecule has 2 nitrogen and oxygen atoms in total. The molecule has 0 amide bonds. The second-order valence-electron chi connectivity index (χ2n) is 4.21. The number of carbonyl (C=O) groups is 1. The monoisotopic (exact) mass is 211 g/mol. The molecule has 0 rings (SSSR count). The van der Waals surface area contributed by atoms with Crippen molar-refractivity contribution in [3.05, 3.63) is 23.3 Å². The summed E-state index contributed by atoms with van der Waals surface area (Å²) in [7, 11) is 0. The van der Waals surface area contributed by atoms with Gasteiger partial charge in [-0.2, -0.15) is 0 Å². The molecule has 15 heavy (non-hydrogen) atoms. The van der Waals surface area contributed by atoms with Crippen LogP contribution in [0.15, 0.2) is 23.3 Å². The van der Waals surface area contributed by atoms with Gasteiger partial charge in [0.15, 0.2) is 0 Å². The molecule has 0 saturated carbocycles. The van der Waals surface area contributed by atoms with Crippen LogP contribution in [0, 0.1) is 0 Å². The maximum atomic E-state index is 10.0. The van der Waals surface area contributed by atoms with Crippen LogP contribution < -0.4 is 5.73 Å². The molecule has 0 unspecified atom stereocenters. The second-order valence-corrected chi connectivity index (χ2v) is 4.21. The van der Waals surface area contributed by atoms with Gasteiger partial charge in [-0.15, -0.1) is 0 Å². The van der Waals surface area contributed by atoms with E-state index in [1.54, 1.807) is 6.08 Å². The molecule has 0 aromatic heterocycles. The third-order valence-electron chi connectivity index (χ3n) is 1.44. The van der Waals surface area contributed by atoms with Gasteiger partial charge in [0.05, 0.1) is 0 Å². The molecule has 2 N–H and O–H groups in total. The molecule has 0 aromatic carbocycles. The van der Waals surface area contributed by atoms with Crippen molar-refractivity contribution in [3.8, 4) is 0 Å². The summed E-state index contributed by atoms with van der Waals surface area (Å²) in [5, 5.41) is 0. The van der Waals surface area contributed by atoms with E-state index in [2.05, 4.69) is 19.9 Å². The molecule has 0 saturated heterocycles. The quantitative estimate of drug-likeness (QED) is 0.441. The van der Waals surface area contributed by atoms with E-state index in [1.165, 1.54) is 5.57 Å².